The van der Waals surface area contributed by atoms with Crippen molar-refractivity contribution < 1.29 is 18.0 Å². The van der Waals surface area contributed by atoms with Gasteiger partial charge in [0.2, 0.25) is 11.9 Å². The molecule has 0 bridgehead atoms. The summed E-state index contributed by atoms with van der Waals surface area (Å²) in [5.74, 6) is -0.479. The van der Waals surface area contributed by atoms with Gasteiger partial charge in [0, 0.05) is 10.7 Å². The predicted molar refractivity (Wildman–Crippen MR) is 111 cm³/mol. The fraction of sp³-hybridized carbons (Fsp3) is 0.250. The van der Waals surface area contributed by atoms with E-state index in [4.69, 9.17) is 11.6 Å². The normalized spacial score (nSPS) is 11.8. The first-order valence-electron chi connectivity index (χ1n) is 9.46. The zero-order chi connectivity index (χ0) is 23.0. The second kappa shape index (κ2) is 8.23. The molecule has 0 aliphatic carbocycles. The van der Waals surface area contributed by atoms with Gasteiger partial charge in [-0.3, -0.25) is 10.1 Å². The fourth-order valence-electron chi connectivity index (χ4n) is 3.32. The van der Waals surface area contributed by atoms with Gasteiger partial charge < -0.3 is 0 Å². The van der Waals surface area contributed by atoms with Gasteiger partial charge in [0.1, 0.15) is 12.9 Å². The maximum absolute atomic E-state index is 13.4. The summed E-state index contributed by atoms with van der Waals surface area (Å²) in [6.45, 7) is 2.98. The van der Waals surface area contributed by atoms with Crippen molar-refractivity contribution in [2.75, 3.05) is 5.32 Å². The second-order valence-corrected chi connectivity index (χ2v) is 7.63. The summed E-state index contributed by atoms with van der Waals surface area (Å²) in [6, 6.07) is 8.17. The van der Waals surface area contributed by atoms with Gasteiger partial charge in [-0.05, 0) is 37.6 Å². The number of carbonyl (C=O) groups excluding carboxylic acids is 1. The van der Waals surface area contributed by atoms with Crippen molar-refractivity contribution in [2.45, 2.75) is 33.1 Å². The van der Waals surface area contributed by atoms with Crippen LogP contribution in [-0.4, -0.2) is 35.4 Å². The number of rotatable bonds is 5. The van der Waals surface area contributed by atoms with Crippen LogP contribution in [0.15, 0.2) is 36.7 Å². The second-order valence-electron chi connectivity index (χ2n) is 7.19. The van der Waals surface area contributed by atoms with E-state index in [0.717, 1.165) is 16.3 Å². The van der Waals surface area contributed by atoms with Crippen molar-refractivity contribution in [2.24, 2.45) is 0 Å². The number of fused-ring (bicyclic) bond motifs is 1. The smallest absolute Gasteiger partial charge is 0.292 e. The lowest BCUT2D eigenvalue weighted by molar-refractivity contribution is -0.136. The number of hydrogen-bond donors (Lipinski definition) is 1. The SMILES string of the molecule is Cc1cc(C(F)(F)F)c2c(C)nn(CC(=O)Nc3ncn(Cc4ccc(Cl)cc4)n3)c2n1. The lowest BCUT2D eigenvalue weighted by atomic mass is 10.1. The minimum Gasteiger partial charge on any atom is -0.292 e. The molecule has 32 heavy (non-hydrogen) atoms. The summed E-state index contributed by atoms with van der Waals surface area (Å²) in [5.41, 5.74) is 0.419. The number of halogens is 4. The Morgan fingerprint density at radius 1 is 1.16 bits per heavy atom. The number of amides is 1. The van der Waals surface area contributed by atoms with Gasteiger partial charge in [-0.2, -0.15) is 18.3 Å². The molecule has 3 aromatic heterocycles. The Bertz CT molecular complexity index is 1300. The fourth-order valence-corrected chi connectivity index (χ4v) is 3.44. The van der Waals surface area contributed by atoms with E-state index in [-0.39, 0.29) is 34.9 Å². The summed E-state index contributed by atoms with van der Waals surface area (Å²) in [7, 11) is 0. The van der Waals surface area contributed by atoms with Crippen LogP contribution in [0.4, 0.5) is 19.1 Å². The van der Waals surface area contributed by atoms with Crippen molar-refractivity contribution in [3.8, 4) is 0 Å². The highest BCUT2D eigenvalue weighted by molar-refractivity contribution is 6.30. The van der Waals surface area contributed by atoms with E-state index in [9.17, 15) is 18.0 Å². The van der Waals surface area contributed by atoms with Crippen molar-refractivity contribution in [3.63, 3.8) is 0 Å². The average Bonchev–Trinajstić information content (AvgIpc) is 3.26. The number of nitrogens with one attached hydrogen (secondary N) is 1. The van der Waals surface area contributed by atoms with Gasteiger partial charge in [-0.1, -0.05) is 23.7 Å². The van der Waals surface area contributed by atoms with Crippen LogP contribution < -0.4 is 5.32 Å². The van der Waals surface area contributed by atoms with E-state index in [1.165, 1.54) is 24.9 Å². The highest BCUT2D eigenvalue weighted by atomic mass is 35.5. The largest absolute Gasteiger partial charge is 0.417 e. The molecule has 4 aromatic rings. The van der Waals surface area contributed by atoms with Crippen LogP contribution >= 0.6 is 11.6 Å². The van der Waals surface area contributed by atoms with Crippen LogP contribution in [-0.2, 0) is 24.1 Å². The number of aromatic nitrogens is 6. The molecular formula is C20H17ClF3N7O. The molecule has 12 heteroatoms. The lowest BCUT2D eigenvalue weighted by Gasteiger charge is -2.10. The Labute approximate surface area is 185 Å². The standard InChI is InChI=1S/C20H17ClF3N7O/c1-11-7-15(20(22,23)24)17-12(2)28-31(18(17)26-11)9-16(32)27-19-25-10-30(29-19)8-13-3-5-14(21)6-4-13/h3-7,10H,8-9H2,1-2H3,(H,27,29,32). The molecule has 1 N–H and O–H groups in total. The minimum atomic E-state index is -4.56. The third-order valence-electron chi connectivity index (χ3n) is 4.65. The Morgan fingerprint density at radius 3 is 2.56 bits per heavy atom. The van der Waals surface area contributed by atoms with Gasteiger partial charge in [0.25, 0.3) is 0 Å². The molecule has 0 saturated heterocycles. The van der Waals surface area contributed by atoms with Crippen LogP contribution in [0.2, 0.25) is 5.02 Å². The number of benzene rings is 1. The molecule has 0 saturated carbocycles. The molecule has 0 atom stereocenters. The molecule has 0 aliphatic heterocycles. The Kier molecular flexibility index (Phi) is 5.59. The van der Waals surface area contributed by atoms with Gasteiger partial charge in [0.15, 0.2) is 5.65 Å². The first-order valence-corrected chi connectivity index (χ1v) is 9.83. The first kappa shape index (κ1) is 21.8. The van der Waals surface area contributed by atoms with E-state index < -0.39 is 17.6 Å². The van der Waals surface area contributed by atoms with Crippen molar-refractivity contribution in [1.82, 2.24) is 29.5 Å². The molecule has 1 aromatic carbocycles. The quantitative estimate of drug-likeness (QED) is 0.483. The number of anilines is 1. The van der Waals surface area contributed by atoms with E-state index >= 15 is 0 Å². The third kappa shape index (κ3) is 4.57. The number of alkyl halides is 3. The third-order valence-corrected chi connectivity index (χ3v) is 4.90. The van der Waals surface area contributed by atoms with E-state index in [2.05, 4.69) is 25.5 Å². The predicted octanol–water partition coefficient (Wildman–Crippen LogP) is 4.00. The number of aryl methyl sites for hydroxylation is 2. The van der Waals surface area contributed by atoms with Gasteiger partial charge >= 0.3 is 6.18 Å². The van der Waals surface area contributed by atoms with Crippen LogP contribution in [0.3, 0.4) is 0 Å². The highest BCUT2D eigenvalue weighted by Crippen LogP contribution is 2.36. The Morgan fingerprint density at radius 2 is 1.88 bits per heavy atom. The first-order chi connectivity index (χ1) is 15.1. The van der Waals surface area contributed by atoms with Gasteiger partial charge in [-0.15, -0.1) is 5.10 Å². The number of carbonyl (C=O) groups is 1. The Hall–Kier alpha value is -3.47. The number of nitrogens with zero attached hydrogens (tertiary/aromatic N) is 6. The van der Waals surface area contributed by atoms with Crippen LogP contribution in [0.1, 0.15) is 22.5 Å². The topological polar surface area (TPSA) is 90.5 Å². The molecule has 1 amide bonds. The van der Waals surface area contributed by atoms with E-state index in [1.54, 1.807) is 12.1 Å². The summed E-state index contributed by atoms with van der Waals surface area (Å²) in [6.07, 6.45) is -3.11. The number of hydrogen-bond acceptors (Lipinski definition) is 5. The van der Waals surface area contributed by atoms with Crippen LogP contribution in [0.25, 0.3) is 11.0 Å². The lowest BCUT2D eigenvalue weighted by Crippen LogP contribution is -2.21. The zero-order valence-electron chi connectivity index (χ0n) is 17.0. The van der Waals surface area contributed by atoms with Gasteiger partial charge in [-0.25, -0.2) is 19.3 Å². The van der Waals surface area contributed by atoms with E-state index in [0.29, 0.717) is 11.6 Å². The molecule has 0 spiro atoms. The van der Waals surface area contributed by atoms with Crippen LogP contribution in [0.5, 0.6) is 0 Å². The molecule has 3 heterocycles. The van der Waals surface area contributed by atoms with Crippen molar-refractivity contribution >= 4 is 34.5 Å². The molecule has 0 aliphatic rings. The van der Waals surface area contributed by atoms with Gasteiger partial charge in [0.05, 0.1) is 23.2 Å². The monoisotopic (exact) mass is 463 g/mol. The molecular weight excluding hydrogens is 447 g/mol. The van der Waals surface area contributed by atoms with E-state index in [1.807, 2.05) is 12.1 Å². The summed E-state index contributed by atoms with van der Waals surface area (Å²) >= 11 is 5.87. The summed E-state index contributed by atoms with van der Waals surface area (Å²) < 4.78 is 43.0. The van der Waals surface area contributed by atoms with Crippen molar-refractivity contribution in [3.05, 3.63) is 64.2 Å². The molecule has 166 valence electrons. The average molecular weight is 464 g/mol. The maximum Gasteiger partial charge on any atom is 0.417 e. The molecule has 8 nitrogen and oxygen atoms in total. The minimum absolute atomic E-state index is 0.00815. The zero-order valence-corrected chi connectivity index (χ0v) is 17.7. The highest BCUT2D eigenvalue weighted by Gasteiger charge is 2.35. The molecule has 0 fully saturated rings. The molecule has 0 radical (unpaired) electrons. The summed E-state index contributed by atoms with van der Waals surface area (Å²) in [4.78, 5) is 20.7. The number of pyridine rings is 1. The molecule has 4 rings (SSSR count). The van der Waals surface area contributed by atoms with Crippen LogP contribution in [0, 0.1) is 13.8 Å². The maximum atomic E-state index is 13.4. The summed E-state index contributed by atoms with van der Waals surface area (Å²) in [5, 5.41) is 11.3. The Balaban J connectivity index is 1.51. The molecule has 0 unspecified atom stereocenters. The van der Waals surface area contributed by atoms with Crippen molar-refractivity contribution in [1.29, 1.82) is 0 Å².